The quantitative estimate of drug-likeness (QED) is 0.823. The Hall–Kier alpha value is -1.75. The van der Waals surface area contributed by atoms with E-state index in [2.05, 4.69) is 15.1 Å². The minimum absolute atomic E-state index is 0.00771. The lowest BCUT2D eigenvalue weighted by atomic mass is 10.1. The summed E-state index contributed by atoms with van der Waals surface area (Å²) in [6, 6.07) is 3.84. The highest BCUT2D eigenvalue weighted by molar-refractivity contribution is 5.29. The Labute approximate surface area is 94.3 Å². The summed E-state index contributed by atoms with van der Waals surface area (Å²) in [5, 5.41) is 4.28. The average molecular weight is 217 g/mol. The van der Waals surface area contributed by atoms with Gasteiger partial charge in [-0.05, 0) is 38.5 Å². The summed E-state index contributed by atoms with van der Waals surface area (Å²) < 4.78 is 1.72. The van der Waals surface area contributed by atoms with Gasteiger partial charge in [0.15, 0.2) is 5.82 Å². The van der Waals surface area contributed by atoms with E-state index in [-0.39, 0.29) is 6.04 Å². The van der Waals surface area contributed by atoms with E-state index in [9.17, 15) is 0 Å². The maximum absolute atomic E-state index is 5.83. The highest BCUT2D eigenvalue weighted by Gasteiger charge is 2.08. The molecule has 16 heavy (non-hydrogen) atoms. The topological polar surface area (TPSA) is 69.6 Å². The molecular weight excluding hydrogens is 202 g/mol. The summed E-state index contributed by atoms with van der Waals surface area (Å²) in [4.78, 5) is 8.51. The van der Waals surface area contributed by atoms with Gasteiger partial charge in [0.1, 0.15) is 11.6 Å². The average Bonchev–Trinajstić information content (AvgIpc) is 2.58. The first-order valence-corrected chi connectivity index (χ1v) is 5.20. The zero-order valence-corrected chi connectivity index (χ0v) is 9.68. The molecule has 0 aliphatic heterocycles. The van der Waals surface area contributed by atoms with Crippen molar-refractivity contribution in [3.05, 3.63) is 35.5 Å². The number of hydrogen-bond donors (Lipinski definition) is 1. The van der Waals surface area contributed by atoms with Crippen molar-refractivity contribution in [2.75, 3.05) is 0 Å². The normalized spacial score (nSPS) is 12.8. The highest BCUT2D eigenvalue weighted by atomic mass is 15.4. The van der Waals surface area contributed by atoms with Gasteiger partial charge in [-0.25, -0.2) is 9.97 Å². The zero-order valence-electron chi connectivity index (χ0n) is 9.68. The van der Waals surface area contributed by atoms with Crippen LogP contribution >= 0.6 is 0 Å². The van der Waals surface area contributed by atoms with Gasteiger partial charge in [0.2, 0.25) is 0 Å². The predicted octanol–water partition coefficient (Wildman–Crippen LogP) is 1.30. The lowest BCUT2D eigenvalue weighted by Crippen LogP contribution is -2.08. The van der Waals surface area contributed by atoms with Gasteiger partial charge in [0, 0.05) is 12.2 Å². The van der Waals surface area contributed by atoms with E-state index in [4.69, 9.17) is 5.73 Å². The second-order valence-electron chi connectivity index (χ2n) is 3.85. The van der Waals surface area contributed by atoms with Crippen LogP contribution in [0.25, 0.3) is 5.82 Å². The van der Waals surface area contributed by atoms with E-state index in [0.29, 0.717) is 0 Å². The fraction of sp³-hybridized carbons (Fsp3) is 0.364. The van der Waals surface area contributed by atoms with E-state index in [1.165, 1.54) is 0 Å². The van der Waals surface area contributed by atoms with Crippen LogP contribution in [0.4, 0.5) is 0 Å². The molecule has 0 aromatic carbocycles. The van der Waals surface area contributed by atoms with Gasteiger partial charge >= 0.3 is 0 Å². The molecule has 2 N–H and O–H groups in total. The Balaban J connectivity index is 2.48. The van der Waals surface area contributed by atoms with Gasteiger partial charge in [-0.15, -0.1) is 5.10 Å². The third-order valence-electron chi connectivity index (χ3n) is 2.39. The lowest BCUT2D eigenvalue weighted by Gasteiger charge is -2.07. The Bertz CT molecular complexity index is 501. The smallest absolute Gasteiger partial charge is 0.155 e. The van der Waals surface area contributed by atoms with Crippen LogP contribution in [0.15, 0.2) is 18.3 Å². The fourth-order valence-corrected chi connectivity index (χ4v) is 1.57. The zero-order chi connectivity index (χ0) is 11.7. The maximum atomic E-state index is 5.83. The minimum Gasteiger partial charge on any atom is -0.324 e. The molecule has 2 heterocycles. The molecule has 1 atom stereocenters. The molecule has 2 aromatic rings. The Morgan fingerprint density at radius 1 is 1.38 bits per heavy atom. The van der Waals surface area contributed by atoms with Crippen LogP contribution in [0.5, 0.6) is 0 Å². The standard InChI is InChI=1S/C11H15N5/c1-7(12)10-4-5-13-11(6-10)16-9(3)14-8(2)15-16/h4-7H,12H2,1-3H3. The van der Waals surface area contributed by atoms with E-state index < -0.39 is 0 Å². The monoisotopic (exact) mass is 217 g/mol. The van der Waals surface area contributed by atoms with Crippen LogP contribution in [-0.4, -0.2) is 19.7 Å². The second-order valence-corrected chi connectivity index (χ2v) is 3.85. The number of nitrogens with two attached hydrogens (primary N) is 1. The van der Waals surface area contributed by atoms with Gasteiger partial charge in [-0.3, -0.25) is 0 Å². The van der Waals surface area contributed by atoms with Gasteiger partial charge in [-0.2, -0.15) is 4.68 Å². The Morgan fingerprint density at radius 2 is 2.12 bits per heavy atom. The van der Waals surface area contributed by atoms with Crippen molar-refractivity contribution < 1.29 is 0 Å². The summed E-state index contributed by atoms with van der Waals surface area (Å²) in [5.74, 6) is 2.32. The number of rotatable bonds is 2. The van der Waals surface area contributed by atoms with Gasteiger partial charge in [0.05, 0.1) is 0 Å². The minimum atomic E-state index is -0.00771. The molecule has 1 unspecified atom stereocenters. The van der Waals surface area contributed by atoms with Crippen molar-refractivity contribution in [3.8, 4) is 5.82 Å². The molecular formula is C11H15N5. The number of aromatic nitrogens is 4. The van der Waals surface area contributed by atoms with Gasteiger partial charge < -0.3 is 5.73 Å². The van der Waals surface area contributed by atoms with Crippen molar-refractivity contribution in [2.24, 2.45) is 5.73 Å². The predicted molar refractivity (Wildman–Crippen MR) is 61.2 cm³/mol. The molecule has 2 aromatic heterocycles. The molecule has 84 valence electrons. The molecule has 0 spiro atoms. The molecule has 0 saturated heterocycles. The van der Waals surface area contributed by atoms with Crippen LogP contribution in [0.1, 0.15) is 30.2 Å². The lowest BCUT2D eigenvalue weighted by molar-refractivity contribution is 0.779. The van der Waals surface area contributed by atoms with E-state index in [1.54, 1.807) is 10.9 Å². The summed E-state index contributed by atoms with van der Waals surface area (Å²) in [5.41, 5.74) is 6.87. The van der Waals surface area contributed by atoms with Crippen molar-refractivity contribution in [1.82, 2.24) is 19.7 Å². The number of nitrogens with zero attached hydrogens (tertiary/aromatic N) is 4. The van der Waals surface area contributed by atoms with Crippen molar-refractivity contribution in [1.29, 1.82) is 0 Å². The molecule has 0 bridgehead atoms. The first-order valence-electron chi connectivity index (χ1n) is 5.20. The van der Waals surface area contributed by atoms with Crippen molar-refractivity contribution >= 4 is 0 Å². The van der Waals surface area contributed by atoms with Gasteiger partial charge in [-0.1, -0.05) is 0 Å². The molecule has 0 amide bonds. The summed E-state index contributed by atoms with van der Waals surface area (Å²) in [6.07, 6.45) is 1.74. The van der Waals surface area contributed by atoms with Gasteiger partial charge in [0.25, 0.3) is 0 Å². The van der Waals surface area contributed by atoms with E-state index in [1.807, 2.05) is 32.9 Å². The number of aryl methyl sites for hydroxylation is 2. The number of pyridine rings is 1. The third kappa shape index (κ3) is 1.94. The highest BCUT2D eigenvalue weighted by Crippen LogP contribution is 2.13. The fourth-order valence-electron chi connectivity index (χ4n) is 1.57. The molecule has 5 heteroatoms. The first kappa shape index (κ1) is 10.8. The molecule has 0 aliphatic rings. The van der Waals surface area contributed by atoms with Crippen molar-refractivity contribution in [2.45, 2.75) is 26.8 Å². The Morgan fingerprint density at radius 3 is 2.69 bits per heavy atom. The summed E-state index contributed by atoms with van der Waals surface area (Å²) >= 11 is 0. The van der Waals surface area contributed by atoms with Crippen LogP contribution in [0, 0.1) is 13.8 Å². The summed E-state index contributed by atoms with van der Waals surface area (Å²) in [6.45, 7) is 5.71. The molecule has 5 nitrogen and oxygen atoms in total. The van der Waals surface area contributed by atoms with E-state index in [0.717, 1.165) is 23.0 Å². The van der Waals surface area contributed by atoms with E-state index >= 15 is 0 Å². The SMILES string of the molecule is Cc1nc(C)n(-c2cc(C(C)N)ccn2)n1. The molecule has 2 rings (SSSR count). The number of hydrogen-bond acceptors (Lipinski definition) is 4. The van der Waals surface area contributed by atoms with Crippen LogP contribution < -0.4 is 5.73 Å². The molecule has 0 radical (unpaired) electrons. The summed E-state index contributed by atoms with van der Waals surface area (Å²) in [7, 11) is 0. The second kappa shape index (κ2) is 4.02. The molecule has 0 aliphatic carbocycles. The van der Waals surface area contributed by atoms with Crippen LogP contribution in [0.3, 0.4) is 0 Å². The maximum Gasteiger partial charge on any atom is 0.155 e. The largest absolute Gasteiger partial charge is 0.324 e. The third-order valence-corrected chi connectivity index (χ3v) is 2.39. The van der Waals surface area contributed by atoms with Crippen molar-refractivity contribution in [3.63, 3.8) is 0 Å². The van der Waals surface area contributed by atoms with Crippen LogP contribution in [0.2, 0.25) is 0 Å². The Kier molecular flexibility index (Phi) is 2.70. The molecule has 0 saturated carbocycles. The molecule has 0 fully saturated rings. The first-order chi connectivity index (χ1) is 7.58. The van der Waals surface area contributed by atoms with Crippen LogP contribution in [-0.2, 0) is 0 Å².